The third kappa shape index (κ3) is 4.47. The Morgan fingerprint density at radius 1 is 1.09 bits per heavy atom. The molecule has 0 spiro atoms. The normalized spacial score (nSPS) is 13.5. The van der Waals surface area contributed by atoms with Gasteiger partial charge in [0.1, 0.15) is 11.4 Å². The molecule has 2 aromatic heterocycles. The van der Waals surface area contributed by atoms with Gasteiger partial charge in [-0.05, 0) is 56.7 Å². The Bertz CT molecular complexity index is 1360. The summed E-state index contributed by atoms with van der Waals surface area (Å²) >= 11 is 0. The molecule has 1 aliphatic heterocycles. The molecule has 3 heterocycles. The van der Waals surface area contributed by atoms with E-state index < -0.39 is 0 Å². The van der Waals surface area contributed by atoms with Crippen molar-refractivity contribution < 1.29 is 9.53 Å². The monoisotopic (exact) mass is 469 g/mol. The molecule has 0 bridgehead atoms. The second-order valence-electron chi connectivity index (χ2n) is 9.19. The first-order valence-corrected chi connectivity index (χ1v) is 12.1. The first-order chi connectivity index (χ1) is 16.9. The van der Waals surface area contributed by atoms with E-state index in [0.717, 1.165) is 40.6 Å². The number of fused-ring (bicyclic) bond motifs is 2. The molecule has 2 aromatic carbocycles. The highest BCUT2D eigenvalue weighted by Gasteiger charge is 2.26. The predicted molar refractivity (Wildman–Crippen MR) is 139 cm³/mol. The Balaban J connectivity index is 1.61. The van der Waals surface area contributed by atoms with E-state index in [1.807, 2.05) is 49.5 Å². The van der Waals surface area contributed by atoms with Crippen LogP contribution in [0.5, 0.6) is 5.75 Å². The molecule has 5 rings (SSSR count). The molecule has 7 nitrogen and oxygen atoms in total. The number of rotatable bonds is 7. The van der Waals surface area contributed by atoms with Crippen LogP contribution >= 0.6 is 0 Å². The van der Waals surface area contributed by atoms with Crippen LogP contribution in [0, 0.1) is 0 Å². The summed E-state index contributed by atoms with van der Waals surface area (Å²) in [5.41, 5.74) is 12.6. The molecule has 180 valence electrons. The number of hydrogen-bond donors (Lipinski definition) is 1. The second-order valence-corrected chi connectivity index (χ2v) is 9.19. The van der Waals surface area contributed by atoms with E-state index >= 15 is 0 Å². The van der Waals surface area contributed by atoms with E-state index in [1.54, 1.807) is 4.90 Å². The van der Waals surface area contributed by atoms with Crippen LogP contribution in [0.2, 0.25) is 0 Å². The van der Waals surface area contributed by atoms with Crippen molar-refractivity contribution in [3.8, 4) is 17.0 Å². The van der Waals surface area contributed by atoms with E-state index in [1.165, 1.54) is 5.56 Å². The quantitative estimate of drug-likeness (QED) is 0.423. The van der Waals surface area contributed by atoms with Crippen molar-refractivity contribution in [3.05, 3.63) is 78.1 Å². The van der Waals surface area contributed by atoms with Crippen molar-refractivity contribution in [1.29, 1.82) is 0 Å². The number of amides is 1. The number of nitrogens with zero attached hydrogens (tertiary/aromatic N) is 4. The van der Waals surface area contributed by atoms with Gasteiger partial charge in [-0.15, -0.1) is 0 Å². The minimum atomic E-state index is -0.0333. The third-order valence-corrected chi connectivity index (χ3v) is 6.54. The van der Waals surface area contributed by atoms with Crippen LogP contribution in [-0.2, 0) is 17.9 Å². The fourth-order valence-electron chi connectivity index (χ4n) is 4.62. The number of hydrogen-bond acceptors (Lipinski definition) is 5. The number of carbonyl (C=O) groups is 1. The van der Waals surface area contributed by atoms with E-state index in [-0.39, 0.29) is 12.5 Å². The van der Waals surface area contributed by atoms with E-state index in [0.29, 0.717) is 24.8 Å². The molecule has 7 heteroatoms. The Hall–Kier alpha value is -3.84. The van der Waals surface area contributed by atoms with Crippen molar-refractivity contribution in [2.45, 2.75) is 39.9 Å². The Labute approximate surface area is 205 Å². The zero-order valence-electron chi connectivity index (χ0n) is 20.4. The van der Waals surface area contributed by atoms with Crippen LogP contribution in [-0.4, -0.2) is 39.4 Å². The molecule has 2 N–H and O–H groups in total. The van der Waals surface area contributed by atoms with Crippen molar-refractivity contribution in [1.82, 2.24) is 14.3 Å². The van der Waals surface area contributed by atoms with Crippen LogP contribution in [0.25, 0.3) is 16.9 Å². The van der Waals surface area contributed by atoms with Gasteiger partial charge in [0.15, 0.2) is 6.61 Å². The molecule has 0 saturated heterocycles. The molecule has 0 saturated carbocycles. The van der Waals surface area contributed by atoms with Crippen molar-refractivity contribution in [2.24, 2.45) is 0 Å². The average molecular weight is 470 g/mol. The van der Waals surface area contributed by atoms with Crippen LogP contribution in [0.4, 0.5) is 11.4 Å². The number of likely N-dealkylation sites (N-methyl/N-ethyl adjacent to an activating group) is 1. The fourth-order valence-corrected chi connectivity index (χ4v) is 4.62. The maximum atomic E-state index is 12.4. The van der Waals surface area contributed by atoms with Gasteiger partial charge < -0.3 is 19.8 Å². The topological polar surface area (TPSA) is 76.1 Å². The van der Waals surface area contributed by atoms with Gasteiger partial charge in [0.25, 0.3) is 5.91 Å². The molecule has 35 heavy (non-hydrogen) atoms. The standard InChI is InChI=1S/C28H31N5O2/c1-4-32-23-14-21(10-12-25(23)35-18-27(32)34)28-24(33-16-22(29)11-13-26(33)30-28)17-31(19(2)3)15-20-8-6-5-7-9-20/h5-14,16,19H,4,15,17-18,29H2,1-3H3. The molecule has 0 radical (unpaired) electrons. The molecule has 0 aliphatic carbocycles. The number of pyridine rings is 1. The molecule has 0 atom stereocenters. The Morgan fingerprint density at radius 2 is 1.89 bits per heavy atom. The second kappa shape index (κ2) is 9.43. The summed E-state index contributed by atoms with van der Waals surface area (Å²) in [7, 11) is 0. The van der Waals surface area contributed by atoms with Gasteiger partial charge >= 0.3 is 0 Å². The molecular weight excluding hydrogens is 438 g/mol. The van der Waals surface area contributed by atoms with Crippen LogP contribution in [0.3, 0.4) is 0 Å². The number of ether oxygens (including phenoxy) is 1. The first kappa shape index (κ1) is 22.9. The summed E-state index contributed by atoms with van der Waals surface area (Å²) in [5, 5.41) is 0. The van der Waals surface area contributed by atoms with Crippen molar-refractivity contribution in [3.63, 3.8) is 0 Å². The van der Waals surface area contributed by atoms with Gasteiger partial charge in [-0.3, -0.25) is 9.69 Å². The van der Waals surface area contributed by atoms with E-state index in [9.17, 15) is 4.79 Å². The largest absolute Gasteiger partial charge is 0.482 e. The summed E-state index contributed by atoms with van der Waals surface area (Å²) in [6, 6.07) is 20.6. The summed E-state index contributed by atoms with van der Waals surface area (Å²) in [6.07, 6.45) is 1.94. The Morgan fingerprint density at radius 3 is 2.63 bits per heavy atom. The minimum Gasteiger partial charge on any atom is -0.482 e. The highest BCUT2D eigenvalue weighted by atomic mass is 16.5. The van der Waals surface area contributed by atoms with E-state index in [4.69, 9.17) is 15.5 Å². The lowest BCUT2D eigenvalue weighted by molar-refractivity contribution is -0.121. The number of nitrogen functional groups attached to an aromatic ring is 1. The van der Waals surface area contributed by atoms with Gasteiger partial charge in [0.05, 0.1) is 17.1 Å². The summed E-state index contributed by atoms with van der Waals surface area (Å²) in [6.45, 7) is 8.57. The van der Waals surface area contributed by atoms with Crippen LogP contribution in [0.15, 0.2) is 66.9 Å². The first-order valence-electron chi connectivity index (χ1n) is 12.1. The van der Waals surface area contributed by atoms with Crippen molar-refractivity contribution in [2.75, 3.05) is 23.8 Å². The number of benzene rings is 2. The zero-order valence-corrected chi connectivity index (χ0v) is 20.4. The van der Waals surface area contributed by atoms with Crippen LogP contribution < -0.4 is 15.4 Å². The SMILES string of the molecule is CCN1C(=O)COc2ccc(-c3nc4ccc(N)cn4c3CN(Cc3ccccc3)C(C)C)cc21. The molecular formula is C28H31N5O2. The molecule has 1 aliphatic rings. The number of imidazole rings is 1. The van der Waals surface area contributed by atoms with Gasteiger partial charge in [-0.1, -0.05) is 30.3 Å². The predicted octanol–water partition coefficient (Wildman–Crippen LogP) is 4.74. The van der Waals surface area contributed by atoms with Gasteiger partial charge in [-0.2, -0.15) is 0 Å². The van der Waals surface area contributed by atoms with Crippen molar-refractivity contribution >= 4 is 22.9 Å². The lowest BCUT2D eigenvalue weighted by Gasteiger charge is -2.29. The summed E-state index contributed by atoms with van der Waals surface area (Å²) in [4.78, 5) is 21.6. The molecule has 1 amide bonds. The maximum Gasteiger partial charge on any atom is 0.265 e. The van der Waals surface area contributed by atoms with Crippen LogP contribution in [0.1, 0.15) is 32.0 Å². The van der Waals surface area contributed by atoms with Gasteiger partial charge in [0, 0.05) is 43.1 Å². The molecule has 0 unspecified atom stereocenters. The lowest BCUT2D eigenvalue weighted by atomic mass is 10.1. The molecule has 0 fully saturated rings. The fraction of sp³-hybridized carbons (Fsp3) is 0.286. The zero-order chi connectivity index (χ0) is 24.5. The third-order valence-electron chi connectivity index (χ3n) is 6.54. The highest BCUT2D eigenvalue weighted by molar-refractivity contribution is 5.98. The summed E-state index contributed by atoms with van der Waals surface area (Å²) < 4.78 is 7.77. The minimum absolute atomic E-state index is 0.0333. The lowest BCUT2D eigenvalue weighted by Crippen LogP contribution is -2.38. The van der Waals surface area contributed by atoms with E-state index in [2.05, 4.69) is 47.4 Å². The highest BCUT2D eigenvalue weighted by Crippen LogP contribution is 2.37. The Kier molecular flexibility index (Phi) is 6.17. The maximum absolute atomic E-state index is 12.4. The smallest absolute Gasteiger partial charge is 0.265 e. The molecule has 4 aromatic rings. The number of aromatic nitrogens is 2. The summed E-state index contributed by atoms with van der Waals surface area (Å²) in [5.74, 6) is 0.687. The number of nitrogens with two attached hydrogens (primary N) is 1. The van der Waals surface area contributed by atoms with Gasteiger partial charge in [0.2, 0.25) is 0 Å². The average Bonchev–Trinajstić information content (AvgIpc) is 3.21. The van der Waals surface area contributed by atoms with Gasteiger partial charge in [-0.25, -0.2) is 4.98 Å². The number of anilines is 2. The number of carbonyl (C=O) groups excluding carboxylic acids is 1.